The summed E-state index contributed by atoms with van der Waals surface area (Å²) in [5.74, 6) is -1.17. The van der Waals surface area contributed by atoms with Gasteiger partial charge < -0.3 is 19.5 Å². The average Bonchev–Trinajstić information content (AvgIpc) is 3.11. The Labute approximate surface area is 228 Å². The summed E-state index contributed by atoms with van der Waals surface area (Å²) < 4.78 is 98.4. The standard InChI is InChI=1S/C22H28BrF5NO7PS/c1-6-33-37(31,34-7-2)22(27,28)18-16(23)14-8-12(19(29)30)9-15(17(14)38-18)32-11-13(10-21(24,25)26)35-36-20(3,4)5/h8-9,13H,6-7,10-11H2,1-5H3,(H2,29,30). The van der Waals surface area contributed by atoms with E-state index in [4.69, 9.17) is 29.3 Å². The van der Waals surface area contributed by atoms with Crippen LogP contribution < -0.4 is 10.5 Å². The molecule has 0 saturated heterocycles. The zero-order valence-electron chi connectivity index (χ0n) is 21.1. The first-order chi connectivity index (χ1) is 17.3. The molecule has 0 saturated carbocycles. The van der Waals surface area contributed by atoms with E-state index in [1.807, 2.05) is 0 Å². The van der Waals surface area contributed by atoms with Gasteiger partial charge in [0.05, 0.1) is 29.9 Å². The normalized spacial score (nSPS) is 14.2. The number of fused-ring (bicyclic) bond motifs is 1. The Hall–Kier alpha value is -1.35. The van der Waals surface area contributed by atoms with Crippen LogP contribution in [-0.2, 0) is 29.1 Å². The summed E-state index contributed by atoms with van der Waals surface area (Å²) in [6, 6.07) is 2.30. The number of halogens is 6. The van der Waals surface area contributed by atoms with Gasteiger partial charge in [0.25, 0.3) is 0 Å². The molecule has 0 aliphatic rings. The molecule has 0 aliphatic heterocycles. The molecule has 1 unspecified atom stereocenters. The molecule has 2 aromatic rings. The number of rotatable bonds is 13. The minimum absolute atomic E-state index is 0.0126. The monoisotopic (exact) mass is 655 g/mol. The SMILES string of the molecule is CCOP(=O)(OCC)C(F)(F)c1sc2c(OCC(CC(F)(F)F)OOC(C)(C)C)cc(C(N)=O)cc2c1Br. The van der Waals surface area contributed by atoms with Crippen molar-refractivity contribution < 1.29 is 54.9 Å². The van der Waals surface area contributed by atoms with Gasteiger partial charge >= 0.3 is 19.4 Å². The number of hydrogen-bond donors (Lipinski definition) is 1. The number of ether oxygens (including phenoxy) is 1. The summed E-state index contributed by atoms with van der Waals surface area (Å²) in [7, 11) is -5.00. The summed E-state index contributed by atoms with van der Waals surface area (Å²) in [5, 5.41) is 0.0229. The molecule has 216 valence electrons. The largest absolute Gasteiger partial charge is 0.489 e. The molecule has 1 aromatic heterocycles. The minimum Gasteiger partial charge on any atom is -0.489 e. The first kappa shape index (κ1) is 32.9. The van der Waals surface area contributed by atoms with E-state index < -0.39 is 55.0 Å². The number of nitrogens with two attached hydrogens (primary N) is 1. The number of hydrogen-bond acceptors (Lipinski definition) is 8. The van der Waals surface area contributed by atoms with Crippen LogP contribution in [0.3, 0.4) is 0 Å². The van der Waals surface area contributed by atoms with Crippen LogP contribution in [0.15, 0.2) is 16.6 Å². The van der Waals surface area contributed by atoms with Crippen LogP contribution in [0.1, 0.15) is 56.3 Å². The van der Waals surface area contributed by atoms with Gasteiger partial charge in [0.1, 0.15) is 23.3 Å². The Bertz CT molecular complexity index is 1180. The van der Waals surface area contributed by atoms with Crippen molar-refractivity contribution >= 4 is 50.9 Å². The summed E-state index contributed by atoms with van der Waals surface area (Å²) in [6.07, 6.45) is -7.71. The number of amides is 1. The van der Waals surface area contributed by atoms with Crippen LogP contribution >= 0.6 is 34.9 Å². The van der Waals surface area contributed by atoms with Crippen molar-refractivity contribution in [2.75, 3.05) is 19.8 Å². The third-order valence-corrected chi connectivity index (χ3v) is 9.15. The first-order valence-corrected chi connectivity index (χ1v) is 14.4. The van der Waals surface area contributed by atoms with Crippen LogP contribution in [0.25, 0.3) is 10.1 Å². The maximum Gasteiger partial charge on any atom is 0.405 e. The zero-order valence-corrected chi connectivity index (χ0v) is 24.4. The Balaban J connectivity index is 2.58. The molecule has 8 nitrogen and oxygen atoms in total. The predicted molar refractivity (Wildman–Crippen MR) is 135 cm³/mol. The van der Waals surface area contributed by atoms with Gasteiger partial charge in [-0.3, -0.25) is 9.36 Å². The van der Waals surface area contributed by atoms with E-state index in [1.165, 1.54) is 19.9 Å². The molecule has 1 aromatic carbocycles. The van der Waals surface area contributed by atoms with Gasteiger partial charge in [-0.25, -0.2) is 9.78 Å². The molecular weight excluding hydrogens is 628 g/mol. The van der Waals surface area contributed by atoms with Gasteiger partial charge in [0, 0.05) is 15.4 Å². The van der Waals surface area contributed by atoms with Crippen LogP contribution in [0.2, 0.25) is 0 Å². The Kier molecular flexibility index (Phi) is 10.8. The molecule has 1 atom stereocenters. The molecule has 1 heterocycles. The van der Waals surface area contributed by atoms with Crippen molar-refractivity contribution in [2.45, 2.75) is 64.6 Å². The van der Waals surface area contributed by atoms with Crippen molar-refractivity contribution in [3.63, 3.8) is 0 Å². The number of carbonyl (C=O) groups is 1. The summed E-state index contributed by atoms with van der Waals surface area (Å²) in [5.41, 5.74) is 0.134. The lowest BCUT2D eigenvalue weighted by molar-refractivity contribution is -0.383. The third kappa shape index (κ3) is 8.09. The maximum absolute atomic E-state index is 15.6. The van der Waals surface area contributed by atoms with Crippen LogP contribution in [-0.4, -0.2) is 43.6 Å². The Morgan fingerprint density at radius 2 is 1.68 bits per heavy atom. The topological polar surface area (TPSA) is 106 Å². The van der Waals surface area contributed by atoms with Gasteiger partial charge in [-0.1, -0.05) is 0 Å². The highest BCUT2D eigenvalue weighted by atomic mass is 79.9. The van der Waals surface area contributed by atoms with Gasteiger partial charge in [0.2, 0.25) is 5.91 Å². The Morgan fingerprint density at radius 1 is 1.11 bits per heavy atom. The van der Waals surface area contributed by atoms with E-state index in [-0.39, 0.29) is 39.1 Å². The quantitative estimate of drug-likeness (QED) is 0.103. The molecule has 2 N–H and O–H groups in total. The molecule has 0 radical (unpaired) electrons. The minimum atomic E-state index is -5.00. The highest BCUT2D eigenvalue weighted by molar-refractivity contribution is 9.10. The van der Waals surface area contributed by atoms with E-state index in [9.17, 15) is 22.5 Å². The van der Waals surface area contributed by atoms with Crippen molar-refractivity contribution in [3.05, 3.63) is 27.0 Å². The van der Waals surface area contributed by atoms with Gasteiger partial charge in [-0.05, 0) is 62.7 Å². The highest BCUT2D eigenvalue weighted by Crippen LogP contribution is 2.69. The second kappa shape index (κ2) is 12.4. The smallest absolute Gasteiger partial charge is 0.405 e. The number of carbonyl (C=O) groups excluding carboxylic acids is 1. The van der Waals surface area contributed by atoms with Crippen LogP contribution in [0.4, 0.5) is 22.0 Å². The van der Waals surface area contributed by atoms with E-state index in [0.29, 0.717) is 11.3 Å². The van der Waals surface area contributed by atoms with Gasteiger partial charge in [-0.2, -0.15) is 22.0 Å². The van der Waals surface area contributed by atoms with Gasteiger partial charge in [0.15, 0.2) is 0 Å². The first-order valence-electron chi connectivity index (χ1n) is 11.2. The van der Waals surface area contributed by atoms with E-state index in [2.05, 4.69) is 15.9 Å². The van der Waals surface area contributed by atoms with Crippen LogP contribution in [0, 0.1) is 0 Å². The average molecular weight is 656 g/mol. The molecular formula is C22H28BrF5NO7PS. The summed E-state index contributed by atoms with van der Waals surface area (Å²) in [4.78, 5) is 21.1. The molecule has 38 heavy (non-hydrogen) atoms. The molecule has 0 bridgehead atoms. The number of primary amides is 1. The van der Waals surface area contributed by atoms with E-state index >= 15 is 8.78 Å². The lowest BCUT2D eigenvalue weighted by Crippen LogP contribution is -2.32. The fourth-order valence-electron chi connectivity index (χ4n) is 3.02. The Morgan fingerprint density at radius 3 is 2.16 bits per heavy atom. The third-order valence-electron chi connectivity index (χ3n) is 4.51. The number of alkyl halides is 5. The summed E-state index contributed by atoms with van der Waals surface area (Å²) in [6.45, 7) is 6.06. The summed E-state index contributed by atoms with van der Waals surface area (Å²) >= 11 is 3.50. The fourth-order valence-corrected chi connectivity index (χ4v) is 7.04. The maximum atomic E-state index is 15.6. The lowest BCUT2D eigenvalue weighted by Gasteiger charge is -2.25. The van der Waals surface area contributed by atoms with Crippen LogP contribution in [0.5, 0.6) is 5.75 Å². The molecule has 0 aliphatic carbocycles. The molecule has 16 heteroatoms. The number of thiophene rings is 1. The van der Waals surface area contributed by atoms with Crippen molar-refractivity contribution in [1.82, 2.24) is 0 Å². The molecule has 2 rings (SSSR count). The zero-order chi connectivity index (χ0) is 29.1. The number of benzene rings is 1. The fraction of sp³-hybridized carbons (Fsp3) is 0.591. The second-order valence-electron chi connectivity index (χ2n) is 8.88. The molecule has 0 fully saturated rings. The van der Waals surface area contributed by atoms with E-state index in [1.54, 1.807) is 20.8 Å². The predicted octanol–water partition coefficient (Wildman–Crippen LogP) is 7.52. The van der Waals surface area contributed by atoms with E-state index in [0.717, 1.165) is 6.07 Å². The highest BCUT2D eigenvalue weighted by Gasteiger charge is 2.57. The van der Waals surface area contributed by atoms with Gasteiger partial charge in [-0.15, -0.1) is 11.3 Å². The van der Waals surface area contributed by atoms with Crippen molar-refractivity contribution in [1.29, 1.82) is 0 Å². The molecule has 0 spiro atoms. The van der Waals surface area contributed by atoms with Crippen molar-refractivity contribution in [2.24, 2.45) is 5.73 Å². The second-order valence-corrected chi connectivity index (χ2v) is 12.8. The lowest BCUT2D eigenvalue weighted by atomic mass is 10.1. The molecule has 1 amide bonds. The van der Waals surface area contributed by atoms with Crippen molar-refractivity contribution in [3.8, 4) is 5.75 Å².